The summed E-state index contributed by atoms with van der Waals surface area (Å²) in [5.41, 5.74) is 9.09. The fraction of sp³-hybridized carbons (Fsp3) is 0.423. The van der Waals surface area contributed by atoms with Gasteiger partial charge in [-0.1, -0.05) is 35.9 Å². The smallest absolute Gasteiger partial charge is 0.202 e. The second-order valence-corrected chi connectivity index (χ2v) is 9.49. The summed E-state index contributed by atoms with van der Waals surface area (Å²) in [6.07, 6.45) is 3.95. The molecule has 2 aromatic carbocycles. The van der Waals surface area contributed by atoms with Crippen molar-refractivity contribution in [2.75, 3.05) is 0 Å². The summed E-state index contributed by atoms with van der Waals surface area (Å²) in [6, 6.07) is 15.2. The fourth-order valence-corrected chi connectivity index (χ4v) is 6.79. The fourth-order valence-electron chi connectivity index (χ4n) is 6.79. The van der Waals surface area contributed by atoms with Gasteiger partial charge in [0, 0.05) is 10.9 Å². The Balaban J connectivity index is 1.19. The SMILES string of the molecule is Cc1cc(COC2OCc3cc4ccccc4nc32)c2c(c1)C1C3CCC(C3)C21. The normalized spacial score (nSPS) is 30.9. The van der Waals surface area contributed by atoms with E-state index in [4.69, 9.17) is 14.5 Å². The van der Waals surface area contributed by atoms with Crippen molar-refractivity contribution in [3.63, 3.8) is 0 Å². The van der Waals surface area contributed by atoms with Crippen molar-refractivity contribution in [3.05, 3.63) is 76.0 Å². The van der Waals surface area contributed by atoms with Crippen molar-refractivity contribution in [1.82, 2.24) is 4.98 Å². The predicted molar refractivity (Wildman–Crippen MR) is 112 cm³/mol. The molecule has 1 aliphatic heterocycles. The van der Waals surface area contributed by atoms with E-state index in [1.807, 2.05) is 6.07 Å². The minimum absolute atomic E-state index is 0.360. The van der Waals surface area contributed by atoms with Crippen LogP contribution >= 0.6 is 0 Å². The van der Waals surface area contributed by atoms with Crippen LogP contribution < -0.4 is 0 Å². The maximum absolute atomic E-state index is 6.33. The molecule has 7 rings (SSSR count). The van der Waals surface area contributed by atoms with Crippen LogP contribution in [0.25, 0.3) is 10.9 Å². The number of para-hydroxylation sites is 1. The highest BCUT2D eigenvalue weighted by Gasteiger charge is 2.56. The molecule has 2 saturated carbocycles. The van der Waals surface area contributed by atoms with Gasteiger partial charge in [-0.2, -0.15) is 0 Å². The number of aryl methyl sites for hydroxylation is 1. The Kier molecular flexibility index (Phi) is 3.37. The molecule has 3 nitrogen and oxygen atoms in total. The molecule has 0 spiro atoms. The predicted octanol–water partition coefficient (Wildman–Crippen LogP) is 5.90. The Labute approximate surface area is 171 Å². The van der Waals surface area contributed by atoms with Crippen LogP contribution in [0, 0.1) is 18.8 Å². The van der Waals surface area contributed by atoms with E-state index < -0.39 is 0 Å². The molecule has 2 heterocycles. The van der Waals surface area contributed by atoms with E-state index in [-0.39, 0.29) is 6.29 Å². The summed E-state index contributed by atoms with van der Waals surface area (Å²) in [7, 11) is 0. The number of hydrogen-bond acceptors (Lipinski definition) is 3. The highest BCUT2D eigenvalue weighted by molar-refractivity contribution is 5.79. The van der Waals surface area contributed by atoms with E-state index in [9.17, 15) is 0 Å². The Morgan fingerprint density at radius 3 is 2.86 bits per heavy atom. The number of hydrogen-bond donors (Lipinski definition) is 0. The van der Waals surface area contributed by atoms with E-state index in [1.54, 1.807) is 11.1 Å². The molecule has 1 aromatic heterocycles. The summed E-state index contributed by atoms with van der Waals surface area (Å²) in [5, 5.41) is 1.16. The monoisotopic (exact) mass is 383 g/mol. The van der Waals surface area contributed by atoms with Gasteiger partial charge in [0.2, 0.25) is 6.29 Å². The van der Waals surface area contributed by atoms with Crippen LogP contribution in [0.4, 0.5) is 0 Å². The van der Waals surface area contributed by atoms with Crippen LogP contribution in [0.1, 0.15) is 70.9 Å². The van der Waals surface area contributed by atoms with E-state index >= 15 is 0 Å². The molecular weight excluding hydrogens is 358 g/mol. The zero-order chi connectivity index (χ0) is 19.1. The number of nitrogens with zero attached hydrogens (tertiary/aromatic N) is 1. The lowest BCUT2D eigenvalue weighted by Gasteiger charge is -2.44. The Morgan fingerprint density at radius 1 is 1.07 bits per heavy atom. The first-order valence-electron chi connectivity index (χ1n) is 11.0. The average Bonchev–Trinajstić information content (AvgIpc) is 3.41. The van der Waals surface area contributed by atoms with Gasteiger partial charge < -0.3 is 9.47 Å². The van der Waals surface area contributed by atoms with Crippen LogP contribution in [0.2, 0.25) is 0 Å². The van der Waals surface area contributed by atoms with E-state index in [0.717, 1.165) is 45.8 Å². The van der Waals surface area contributed by atoms with Crippen molar-refractivity contribution in [2.45, 2.75) is 57.5 Å². The number of aromatic nitrogens is 1. The molecule has 5 unspecified atom stereocenters. The van der Waals surface area contributed by atoms with Gasteiger partial charge in [-0.15, -0.1) is 0 Å². The quantitative estimate of drug-likeness (QED) is 0.564. The molecule has 0 amide bonds. The number of rotatable bonds is 3. The highest BCUT2D eigenvalue weighted by Crippen LogP contribution is 2.68. The van der Waals surface area contributed by atoms with Crippen molar-refractivity contribution in [2.24, 2.45) is 11.8 Å². The lowest BCUT2D eigenvalue weighted by molar-refractivity contribution is -0.147. The van der Waals surface area contributed by atoms with Gasteiger partial charge in [-0.05, 0) is 78.7 Å². The van der Waals surface area contributed by atoms with Gasteiger partial charge >= 0.3 is 0 Å². The van der Waals surface area contributed by atoms with Gasteiger partial charge in [-0.25, -0.2) is 4.98 Å². The van der Waals surface area contributed by atoms with Gasteiger partial charge in [0.25, 0.3) is 0 Å². The van der Waals surface area contributed by atoms with E-state index in [2.05, 4.69) is 43.3 Å². The van der Waals surface area contributed by atoms with E-state index in [0.29, 0.717) is 13.2 Å². The van der Waals surface area contributed by atoms with Crippen LogP contribution in [0.3, 0.4) is 0 Å². The lowest BCUT2D eigenvalue weighted by Crippen LogP contribution is -2.31. The number of benzene rings is 2. The maximum Gasteiger partial charge on any atom is 0.202 e. The molecule has 5 atom stereocenters. The molecule has 2 fully saturated rings. The molecule has 146 valence electrons. The number of ether oxygens (including phenoxy) is 2. The zero-order valence-electron chi connectivity index (χ0n) is 16.7. The van der Waals surface area contributed by atoms with Crippen molar-refractivity contribution < 1.29 is 9.47 Å². The highest BCUT2D eigenvalue weighted by atomic mass is 16.7. The number of pyridine rings is 1. The molecule has 3 aliphatic carbocycles. The Hall–Kier alpha value is -2.23. The molecular formula is C26H25NO2. The second-order valence-electron chi connectivity index (χ2n) is 9.49. The summed E-state index contributed by atoms with van der Waals surface area (Å²) in [6.45, 7) is 3.42. The van der Waals surface area contributed by atoms with Crippen molar-refractivity contribution in [1.29, 1.82) is 0 Å². The minimum Gasteiger partial charge on any atom is -0.342 e. The number of fused-ring (bicyclic) bond motifs is 10. The molecule has 3 heteroatoms. The third-order valence-corrected chi connectivity index (χ3v) is 7.89. The lowest BCUT2D eigenvalue weighted by atomic mass is 9.60. The standard InChI is InChI=1S/C26H25NO2/c1-14-8-18(23-20(9-14)22-16-6-7-17(11-16)24(22)23)12-28-26-25-19(13-29-26)10-15-4-2-3-5-21(15)27-25/h2-5,8-10,16-17,22,24,26H,6-7,11-13H2,1H3. The van der Waals surface area contributed by atoms with Crippen LogP contribution in [-0.4, -0.2) is 4.98 Å². The van der Waals surface area contributed by atoms with Crippen molar-refractivity contribution in [3.8, 4) is 0 Å². The average molecular weight is 383 g/mol. The van der Waals surface area contributed by atoms with Crippen LogP contribution in [0.15, 0.2) is 42.5 Å². The minimum atomic E-state index is -0.360. The molecule has 4 aliphatic rings. The van der Waals surface area contributed by atoms with Crippen LogP contribution in [0.5, 0.6) is 0 Å². The summed E-state index contributed by atoms with van der Waals surface area (Å²) in [5.74, 6) is 3.48. The third kappa shape index (κ3) is 2.29. The first-order valence-corrected chi connectivity index (χ1v) is 11.0. The molecule has 0 N–H and O–H groups in total. The van der Waals surface area contributed by atoms with Gasteiger partial charge in [0.05, 0.1) is 18.7 Å². The molecule has 29 heavy (non-hydrogen) atoms. The molecule has 2 bridgehead atoms. The Morgan fingerprint density at radius 2 is 1.93 bits per heavy atom. The van der Waals surface area contributed by atoms with Gasteiger partial charge in [0.1, 0.15) is 5.69 Å². The van der Waals surface area contributed by atoms with Gasteiger partial charge in [0.15, 0.2) is 0 Å². The molecule has 0 saturated heterocycles. The van der Waals surface area contributed by atoms with E-state index in [1.165, 1.54) is 30.4 Å². The second kappa shape index (κ2) is 5.90. The molecule has 0 radical (unpaired) electrons. The summed E-state index contributed by atoms with van der Waals surface area (Å²) in [4.78, 5) is 4.86. The van der Waals surface area contributed by atoms with Crippen LogP contribution in [-0.2, 0) is 22.7 Å². The first-order chi connectivity index (χ1) is 14.3. The largest absolute Gasteiger partial charge is 0.342 e. The third-order valence-electron chi connectivity index (χ3n) is 7.89. The topological polar surface area (TPSA) is 31.4 Å². The Bertz CT molecular complexity index is 1150. The summed E-state index contributed by atoms with van der Waals surface area (Å²) < 4.78 is 12.3. The molecule has 3 aromatic rings. The zero-order valence-corrected chi connectivity index (χ0v) is 16.7. The summed E-state index contributed by atoms with van der Waals surface area (Å²) >= 11 is 0. The van der Waals surface area contributed by atoms with Crippen molar-refractivity contribution >= 4 is 10.9 Å². The van der Waals surface area contributed by atoms with Gasteiger partial charge in [-0.3, -0.25) is 0 Å². The first kappa shape index (κ1) is 16.6. The maximum atomic E-state index is 6.33.